The van der Waals surface area contributed by atoms with Crippen molar-refractivity contribution >= 4 is 41.0 Å². The van der Waals surface area contributed by atoms with Gasteiger partial charge < -0.3 is 47.6 Å². The Hall–Kier alpha value is -3.53. The van der Waals surface area contributed by atoms with Crippen molar-refractivity contribution in [2.75, 3.05) is 19.6 Å². The second-order valence-corrected chi connectivity index (χ2v) is 9.52. The number of nitrogens with two attached hydrogens (primary N) is 2. The Morgan fingerprint density at radius 3 is 2.46 bits per heavy atom. The molecule has 0 saturated carbocycles. The molecule has 15 heteroatoms. The van der Waals surface area contributed by atoms with Crippen molar-refractivity contribution in [3.05, 3.63) is 34.0 Å². The third-order valence-electron chi connectivity index (χ3n) is 5.64. The Morgan fingerprint density at radius 1 is 1.22 bits per heavy atom. The van der Waals surface area contributed by atoms with E-state index in [9.17, 15) is 34.5 Å². The summed E-state index contributed by atoms with van der Waals surface area (Å²) in [5, 5.41) is 45.7. The number of aliphatic hydroxyl groups is 2. The van der Waals surface area contributed by atoms with Gasteiger partial charge in [-0.05, 0) is 24.8 Å². The van der Waals surface area contributed by atoms with Crippen molar-refractivity contribution in [1.82, 2.24) is 20.9 Å². The summed E-state index contributed by atoms with van der Waals surface area (Å²) in [6.07, 6.45) is -1.03. The first-order valence-corrected chi connectivity index (χ1v) is 12.3. The molecule has 0 bridgehead atoms. The summed E-state index contributed by atoms with van der Waals surface area (Å²) in [5.74, 6) is -3.64. The number of guanidine groups is 1. The van der Waals surface area contributed by atoms with Gasteiger partial charge in [-0.2, -0.15) is 0 Å². The van der Waals surface area contributed by atoms with Gasteiger partial charge in [-0.1, -0.05) is 17.7 Å². The van der Waals surface area contributed by atoms with Gasteiger partial charge in [0, 0.05) is 30.9 Å². The lowest BCUT2D eigenvalue weighted by molar-refractivity contribution is -0.145. The molecule has 37 heavy (non-hydrogen) atoms. The van der Waals surface area contributed by atoms with Gasteiger partial charge in [-0.25, -0.2) is 4.79 Å². The fraction of sp³-hybridized carbons (Fsp3) is 0.500. The molecule has 3 amide bonds. The maximum Gasteiger partial charge on any atom is 0.329 e. The maximum absolute atomic E-state index is 12.8. The second-order valence-electron chi connectivity index (χ2n) is 8.54. The van der Waals surface area contributed by atoms with Crippen molar-refractivity contribution in [1.29, 1.82) is 5.41 Å². The number of carboxylic acid groups (broad SMARTS) is 1. The number of aliphatic carboxylic acids is 1. The van der Waals surface area contributed by atoms with Crippen LogP contribution in [0.2, 0.25) is 0 Å². The molecule has 0 saturated heterocycles. The molecule has 14 nitrogen and oxygen atoms in total. The Balaban J connectivity index is 1.96. The topological polar surface area (TPSA) is 244 Å². The van der Waals surface area contributed by atoms with E-state index < -0.39 is 54.0 Å². The highest BCUT2D eigenvalue weighted by Gasteiger charge is 2.31. The van der Waals surface area contributed by atoms with E-state index in [4.69, 9.17) is 16.9 Å². The number of hydrogen-bond acceptors (Lipinski definition) is 9. The number of carboxylic acids is 1. The molecule has 204 valence electrons. The molecule has 1 aromatic heterocycles. The number of nitrogens with zero attached hydrogens (tertiary/aromatic N) is 1. The van der Waals surface area contributed by atoms with E-state index in [0.717, 1.165) is 16.9 Å². The molecule has 2 heterocycles. The molecule has 5 atom stereocenters. The molecule has 0 aliphatic carbocycles. The summed E-state index contributed by atoms with van der Waals surface area (Å²) < 4.78 is 0. The van der Waals surface area contributed by atoms with Gasteiger partial charge in [0.05, 0.1) is 6.10 Å². The maximum atomic E-state index is 12.8. The number of hydrogen-bond donors (Lipinski definition) is 9. The minimum atomic E-state index is -1.57. The molecule has 1 aliphatic heterocycles. The fourth-order valence-corrected chi connectivity index (χ4v) is 4.22. The van der Waals surface area contributed by atoms with Gasteiger partial charge in [-0.3, -0.25) is 19.8 Å². The molecule has 5 unspecified atom stereocenters. The van der Waals surface area contributed by atoms with Gasteiger partial charge in [0.1, 0.15) is 18.2 Å². The highest BCUT2D eigenvalue weighted by Crippen LogP contribution is 2.22. The van der Waals surface area contributed by atoms with E-state index in [-0.39, 0.29) is 25.3 Å². The number of aliphatic hydroxyl groups excluding tert-OH is 2. The number of carbonyl (C=O) groups excluding carboxylic acids is 3. The van der Waals surface area contributed by atoms with E-state index in [1.165, 1.54) is 6.92 Å². The molecule has 2 rings (SSSR count). The van der Waals surface area contributed by atoms with E-state index in [0.29, 0.717) is 18.0 Å². The third-order valence-corrected chi connectivity index (χ3v) is 6.58. The average molecular weight is 540 g/mol. The standard InChI is InChI=1S/C22H33N7O7S/c1-11(30)16(23)20(34)27-13(9-12-5-7-29(10-12)22(24)25)19(33)26-6-4-15(31)28-17(21(35)36)18(32)14-3-2-8-37-14/h2-3,5,8,11,13,16-18,30,32H,4,6-7,9-10,23H2,1H3,(H3,24,25)(H,26,33)(H,27,34)(H,28,31)(H,35,36). The van der Waals surface area contributed by atoms with Crippen LogP contribution in [-0.4, -0.2) is 93.7 Å². The summed E-state index contributed by atoms with van der Waals surface area (Å²) in [6.45, 7) is 1.83. The van der Waals surface area contributed by atoms with Crippen LogP contribution in [0.4, 0.5) is 0 Å². The van der Waals surface area contributed by atoms with Crippen LogP contribution in [0.5, 0.6) is 0 Å². The lowest BCUT2D eigenvalue weighted by atomic mass is 10.0. The zero-order chi connectivity index (χ0) is 27.7. The van der Waals surface area contributed by atoms with Crippen molar-refractivity contribution in [3.8, 4) is 0 Å². The highest BCUT2D eigenvalue weighted by atomic mass is 32.1. The van der Waals surface area contributed by atoms with E-state index in [1.807, 2.05) is 0 Å². The second kappa shape index (κ2) is 13.7. The molecular formula is C22H33N7O7S. The summed E-state index contributed by atoms with van der Waals surface area (Å²) in [7, 11) is 0. The third kappa shape index (κ3) is 8.82. The lowest BCUT2D eigenvalue weighted by Crippen LogP contribution is -2.54. The average Bonchev–Trinajstić information content (AvgIpc) is 3.53. The van der Waals surface area contributed by atoms with Gasteiger partial charge in [-0.15, -0.1) is 11.3 Å². The number of nitrogens with one attached hydrogen (secondary N) is 4. The molecule has 0 spiro atoms. The first kappa shape index (κ1) is 29.7. The monoisotopic (exact) mass is 539 g/mol. The quantitative estimate of drug-likeness (QED) is 0.0729. The van der Waals surface area contributed by atoms with Crippen LogP contribution in [-0.2, 0) is 19.2 Å². The minimum absolute atomic E-state index is 0.0776. The summed E-state index contributed by atoms with van der Waals surface area (Å²) in [4.78, 5) is 51.0. The zero-order valence-electron chi connectivity index (χ0n) is 20.2. The van der Waals surface area contributed by atoms with Gasteiger partial charge >= 0.3 is 5.97 Å². The van der Waals surface area contributed by atoms with Gasteiger partial charge in [0.2, 0.25) is 17.7 Å². The molecule has 0 aromatic carbocycles. The van der Waals surface area contributed by atoms with Crippen LogP contribution < -0.4 is 27.4 Å². The van der Waals surface area contributed by atoms with Crippen LogP contribution >= 0.6 is 11.3 Å². The summed E-state index contributed by atoms with van der Waals surface area (Å²) in [5.41, 5.74) is 11.9. The normalized spacial score (nSPS) is 17.1. The fourth-order valence-electron chi connectivity index (χ4n) is 3.47. The Kier molecular flexibility index (Phi) is 11.0. The smallest absolute Gasteiger partial charge is 0.329 e. The van der Waals surface area contributed by atoms with Gasteiger partial charge in [0.15, 0.2) is 12.0 Å². The number of carbonyl (C=O) groups is 4. The van der Waals surface area contributed by atoms with Crippen LogP contribution in [0.15, 0.2) is 29.2 Å². The largest absolute Gasteiger partial charge is 0.480 e. The number of thiophene rings is 1. The Labute approximate surface area is 217 Å². The highest BCUT2D eigenvalue weighted by molar-refractivity contribution is 7.10. The Morgan fingerprint density at radius 2 is 1.92 bits per heavy atom. The molecule has 1 aliphatic rings. The van der Waals surface area contributed by atoms with Crippen molar-refractivity contribution in [3.63, 3.8) is 0 Å². The molecule has 1 aromatic rings. The van der Waals surface area contributed by atoms with Crippen molar-refractivity contribution in [2.24, 2.45) is 11.5 Å². The van der Waals surface area contributed by atoms with Gasteiger partial charge in [0.25, 0.3) is 0 Å². The van der Waals surface area contributed by atoms with Crippen LogP contribution in [0, 0.1) is 5.41 Å². The van der Waals surface area contributed by atoms with E-state index in [1.54, 1.807) is 28.5 Å². The number of rotatable bonds is 13. The van der Waals surface area contributed by atoms with Crippen molar-refractivity contribution < 1.29 is 34.5 Å². The van der Waals surface area contributed by atoms with Crippen LogP contribution in [0.1, 0.15) is 30.7 Å². The minimum Gasteiger partial charge on any atom is -0.480 e. The van der Waals surface area contributed by atoms with Crippen LogP contribution in [0.25, 0.3) is 0 Å². The Bertz CT molecular complexity index is 1020. The van der Waals surface area contributed by atoms with Crippen LogP contribution in [0.3, 0.4) is 0 Å². The predicted octanol–water partition coefficient (Wildman–Crippen LogP) is -2.42. The summed E-state index contributed by atoms with van der Waals surface area (Å²) in [6, 6.07) is -0.747. The van der Waals surface area contributed by atoms with Crippen molar-refractivity contribution in [2.45, 2.75) is 50.1 Å². The first-order chi connectivity index (χ1) is 17.4. The predicted molar refractivity (Wildman–Crippen MR) is 134 cm³/mol. The van der Waals surface area contributed by atoms with E-state index >= 15 is 0 Å². The molecular weight excluding hydrogens is 506 g/mol. The molecule has 0 radical (unpaired) electrons. The SMILES string of the molecule is CC(O)C(N)C(=O)NC(CC1=CCN(C(=N)N)C1)C(=O)NCCC(=O)NC(C(=O)O)C(O)c1cccs1. The summed E-state index contributed by atoms with van der Waals surface area (Å²) >= 11 is 1.14. The lowest BCUT2D eigenvalue weighted by Gasteiger charge is -2.23. The number of amides is 3. The zero-order valence-corrected chi connectivity index (χ0v) is 21.0. The molecule has 0 fully saturated rings. The van der Waals surface area contributed by atoms with E-state index in [2.05, 4.69) is 16.0 Å². The first-order valence-electron chi connectivity index (χ1n) is 11.4. The molecule has 11 N–H and O–H groups in total.